The maximum Gasteiger partial charge on any atom is 0.353 e. The Labute approximate surface area is 282 Å². The molecular weight excluding hydrogens is 666 g/mol. The van der Waals surface area contributed by atoms with Gasteiger partial charge in [0.25, 0.3) is 0 Å². The normalized spacial score (nSPS) is 10.8. The Kier molecular flexibility index (Phi) is 8.41. The predicted octanol–water partition coefficient (Wildman–Crippen LogP) is 10.9. The van der Waals surface area contributed by atoms with Crippen LogP contribution in [0.2, 0.25) is 0 Å². The molecule has 1 aromatic heterocycles. The van der Waals surface area contributed by atoms with Crippen LogP contribution in [-0.4, -0.2) is 14.8 Å². The van der Waals surface area contributed by atoms with Crippen LogP contribution in [0.1, 0.15) is 0 Å². The van der Waals surface area contributed by atoms with Crippen LogP contribution in [0.25, 0.3) is 67.0 Å². The van der Waals surface area contributed by atoms with Crippen LogP contribution in [0.5, 0.6) is 0 Å². The maximum absolute atomic E-state index is 12.3. The van der Waals surface area contributed by atoms with E-state index in [1.54, 1.807) is 18.2 Å². The van der Waals surface area contributed by atoms with Gasteiger partial charge in [-0.3, -0.25) is 30.3 Å². The molecule has 0 saturated heterocycles. The van der Waals surface area contributed by atoms with Crippen molar-refractivity contribution < 1.29 is 41.3 Å². The summed E-state index contributed by atoms with van der Waals surface area (Å²) in [5.41, 5.74) is -1.85. The van der Waals surface area contributed by atoms with Crippen molar-refractivity contribution in [3.05, 3.63) is 158 Å². The molecule has 6 aromatic carbocycles. The SMILES string of the molecule is O=[N+]([O-])c1c2cccc1oc1cccc(c1)oc1cccc(oc3cccc(c3)oc3cccc(oc4cccc(c4)o2)c3[N+](=O)[O-])c1[N+](=O)[O-]. The zero-order valence-electron chi connectivity index (χ0n) is 25.9. The van der Waals surface area contributed by atoms with Crippen molar-refractivity contribution in [2.75, 3.05) is 0 Å². The Bertz CT molecular complexity index is 2370. The van der Waals surface area contributed by atoms with Gasteiger partial charge in [-0.25, -0.2) is 0 Å². The van der Waals surface area contributed by atoms with Gasteiger partial charge in [0, 0.05) is 18.2 Å². The third kappa shape index (κ3) is 6.84. The molecule has 0 aliphatic rings. The number of nitrogens with zero attached hydrogens (tertiary/aromatic N) is 3. The van der Waals surface area contributed by atoms with Crippen LogP contribution in [0.4, 0.5) is 17.1 Å². The monoisotopic (exact) mass is 687 g/mol. The number of para-hydroxylation sites is 3. The molecule has 51 heavy (non-hydrogen) atoms. The minimum absolute atomic E-state index is 0.119. The molecule has 1 heterocycles. The fourth-order valence-corrected chi connectivity index (χ4v) is 5.11. The fraction of sp³-hybridized carbons (Fsp3) is 0. The zero-order chi connectivity index (χ0) is 35.5. The van der Waals surface area contributed by atoms with E-state index >= 15 is 0 Å². The minimum atomic E-state index is -0.672. The van der Waals surface area contributed by atoms with Crippen LogP contribution in [0.3, 0.4) is 0 Å². The molecule has 12 bridgehead atoms. The molecule has 0 radical (unpaired) electrons. The third-order valence-electron chi connectivity index (χ3n) is 7.22. The second-order valence-corrected chi connectivity index (χ2v) is 10.6. The first kappa shape index (κ1) is 31.9. The van der Waals surface area contributed by atoms with Crippen molar-refractivity contribution in [3.63, 3.8) is 0 Å². The van der Waals surface area contributed by atoms with Gasteiger partial charge in [0.1, 0.15) is 33.5 Å². The van der Waals surface area contributed by atoms with Gasteiger partial charge >= 0.3 is 17.1 Å². The van der Waals surface area contributed by atoms with Crippen LogP contribution < -0.4 is 0 Å². The van der Waals surface area contributed by atoms with Gasteiger partial charge in [-0.05, 0) is 72.8 Å². The van der Waals surface area contributed by atoms with Gasteiger partial charge in [-0.2, -0.15) is 0 Å². The molecule has 0 unspecified atom stereocenters. The molecule has 15 nitrogen and oxygen atoms in total. The molecule has 0 saturated carbocycles. The molecule has 0 aliphatic heterocycles. The Balaban J connectivity index is 1.66. The number of nitro groups is 3. The van der Waals surface area contributed by atoms with Gasteiger partial charge in [0.15, 0.2) is 0 Å². The molecule has 0 aliphatic carbocycles. The molecule has 7 aromatic rings. The molecule has 0 spiro atoms. The standard InChI is InChI=1S/C36H21N3O12/c40-37(41)34-28-13-4-15-30(34)48-24-9-2-11-26(20-24)50-32-17-6-18-33(36(32)39(44)45)51-27-12-3-10-25(21-27)49-31-16-5-14-29(35(31)38(42)43)47-23-8-1-7-22(19-23)46-28/h1-21H. The van der Waals surface area contributed by atoms with Gasteiger partial charge in [0.2, 0.25) is 33.5 Å². The fourth-order valence-electron chi connectivity index (χ4n) is 5.11. The Morgan fingerprint density at radius 3 is 0.667 bits per heavy atom. The lowest BCUT2D eigenvalue weighted by Crippen LogP contribution is -1.89. The Morgan fingerprint density at radius 1 is 0.314 bits per heavy atom. The number of nitro benzene ring substituents is 3. The van der Waals surface area contributed by atoms with Gasteiger partial charge < -0.3 is 26.5 Å². The summed E-state index contributed by atoms with van der Waals surface area (Å²) in [5, 5.41) is 36.9. The average Bonchev–Trinajstić information content (AvgIpc) is 3.08. The van der Waals surface area contributed by atoms with Crippen molar-refractivity contribution >= 4 is 84.1 Å². The lowest BCUT2D eigenvalue weighted by atomic mass is 10.3. The first-order valence-electron chi connectivity index (χ1n) is 14.9. The van der Waals surface area contributed by atoms with E-state index in [9.17, 15) is 30.3 Å². The van der Waals surface area contributed by atoms with Gasteiger partial charge in [-0.15, -0.1) is 0 Å². The quantitative estimate of drug-likeness (QED) is 0.125. The van der Waals surface area contributed by atoms with E-state index < -0.39 is 31.8 Å². The second-order valence-electron chi connectivity index (χ2n) is 10.6. The lowest BCUT2D eigenvalue weighted by molar-refractivity contribution is -0.382. The summed E-state index contributed by atoms with van der Waals surface area (Å²) in [4.78, 5) is 34.9. The maximum atomic E-state index is 12.3. The topological polar surface area (TPSA) is 208 Å². The summed E-state index contributed by atoms with van der Waals surface area (Å²) >= 11 is 0. The highest BCUT2D eigenvalue weighted by Crippen LogP contribution is 2.31. The molecular formula is C36H21N3O12. The number of rotatable bonds is 3. The Morgan fingerprint density at radius 2 is 0.490 bits per heavy atom. The molecule has 7 rings (SSSR count). The highest BCUT2D eigenvalue weighted by molar-refractivity contribution is 5.81. The number of non-ortho nitro benzene ring substituents is 3. The predicted molar refractivity (Wildman–Crippen MR) is 184 cm³/mol. The number of fused-ring (bicyclic) bond motifs is 12. The molecule has 252 valence electrons. The van der Waals surface area contributed by atoms with Crippen LogP contribution in [0, 0.1) is 30.3 Å². The minimum Gasteiger partial charge on any atom is -0.450 e. The van der Waals surface area contributed by atoms with Crippen molar-refractivity contribution in [1.29, 1.82) is 0 Å². The van der Waals surface area contributed by atoms with Crippen molar-refractivity contribution in [2.24, 2.45) is 0 Å². The van der Waals surface area contributed by atoms with Crippen LogP contribution >= 0.6 is 0 Å². The third-order valence-corrected chi connectivity index (χ3v) is 7.22. The number of hydrogen-bond donors (Lipinski definition) is 0. The van der Waals surface area contributed by atoms with E-state index in [2.05, 4.69) is 0 Å². The smallest absolute Gasteiger partial charge is 0.353 e. The first-order valence-corrected chi connectivity index (χ1v) is 14.9. The molecule has 0 amide bonds. The largest absolute Gasteiger partial charge is 0.450 e. The van der Waals surface area contributed by atoms with E-state index in [4.69, 9.17) is 26.5 Å². The molecule has 15 heteroatoms. The van der Waals surface area contributed by atoms with Gasteiger partial charge in [-0.1, -0.05) is 36.4 Å². The summed E-state index contributed by atoms with van der Waals surface area (Å²) in [6.07, 6.45) is 0. The molecule has 0 atom stereocenters. The summed E-state index contributed by atoms with van der Waals surface area (Å²) in [7, 11) is 0. The summed E-state index contributed by atoms with van der Waals surface area (Å²) in [6, 6.07) is 30.7. The van der Waals surface area contributed by atoms with E-state index in [1.165, 1.54) is 109 Å². The number of benzene rings is 6. The van der Waals surface area contributed by atoms with Crippen molar-refractivity contribution in [1.82, 2.24) is 0 Å². The molecule has 0 N–H and O–H groups in total. The van der Waals surface area contributed by atoms with E-state index in [0.717, 1.165) is 0 Å². The lowest BCUT2D eigenvalue weighted by Gasteiger charge is -1.99. The van der Waals surface area contributed by atoms with Crippen molar-refractivity contribution in [3.8, 4) is 0 Å². The summed E-state index contributed by atoms with van der Waals surface area (Å²) in [6.45, 7) is 0. The van der Waals surface area contributed by atoms with Crippen LogP contribution in [-0.2, 0) is 0 Å². The van der Waals surface area contributed by atoms with E-state index in [-0.39, 0.29) is 67.0 Å². The first-order chi connectivity index (χ1) is 24.7. The average molecular weight is 688 g/mol. The summed E-state index contributed by atoms with van der Waals surface area (Å²) in [5.74, 6) is 0. The molecule has 0 fully saturated rings. The number of hydrogen-bond acceptors (Lipinski definition) is 12. The van der Waals surface area contributed by atoms with E-state index in [1.807, 2.05) is 0 Å². The van der Waals surface area contributed by atoms with Crippen molar-refractivity contribution in [2.45, 2.75) is 0 Å². The summed E-state index contributed by atoms with van der Waals surface area (Å²) < 4.78 is 35.4. The highest BCUT2D eigenvalue weighted by Gasteiger charge is 2.19. The second kappa shape index (κ2) is 13.4. The zero-order valence-corrected chi connectivity index (χ0v) is 25.9. The highest BCUT2D eigenvalue weighted by atomic mass is 16.6. The van der Waals surface area contributed by atoms with Gasteiger partial charge in [0.05, 0.1) is 14.8 Å². The van der Waals surface area contributed by atoms with Crippen LogP contribution in [0.15, 0.2) is 154 Å². The Hall–Kier alpha value is -7.68. The van der Waals surface area contributed by atoms with E-state index in [0.29, 0.717) is 0 Å².